The maximum absolute atomic E-state index is 11.9. The van der Waals surface area contributed by atoms with Crippen LogP contribution in [0.25, 0.3) is 0 Å². The van der Waals surface area contributed by atoms with Crippen LogP contribution in [-0.2, 0) is 0 Å². The van der Waals surface area contributed by atoms with Crippen molar-refractivity contribution in [1.29, 1.82) is 0 Å². The molecule has 0 unspecified atom stereocenters. The zero-order valence-electron chi connectivity index (χ0n) is 8.48. The Morgan fingerprint density at radius 3 is 1.93 bits per heavy atom. The molecular formula is C9H17F3N2. The predicted molar refractivity (Wildman–Crippen MR) is 49.2 cm³/mol. The maximum atomic E-state index is 11.9. The molecule has 0 atom stereocenters. The average Bonchev–Trinajstić information content (AvgIpc) is 2.14. The maximum Gasteiger partial charge on any atom is 0.390 e. The smallest absolute Gasteiger partial charge is 0.301 e. The van der Waals surface area contributed by atoms with Crippen molar-refractivity contribution < 1.29 is 13.2 Å². The monoisotopic (exact) mass is 210 g/mol. The van der Waals surface area contributed by atoms with Crippen molar-refractivity contribution in [3.05, 3.63) is 0 Å². The minimum atomic E-state index is -4.01. The highest BCUT2D eigenvalue weighted by molar-refractivity contribution is 4.71. The van der Waals surface area contributed by atoms with E-state index in [0.29, 0.717) is 0 Å². The Hall–Kier alpha value is -0.290. The first-order valence-electron chi connectivity index (χ1n) is 5.02. The van der Waals surface area contributed by atoms with Crippen LogP contribution in [0.2, 0.25) is 0 Å². The Morgan fingerprint density at radius 2 is 1.50 bits per heavy atom. The third-order valence-electron chi connectivity index (χ3n) is 2.62. The van der Waals surface area contributed by atoms with Crippen molar-refractivity contribution in [2.45, 2.75) is 19.5 Å². The van der Waals surface area contributed by atoms with Crippen LogP contribution in [0.5, 0.6) is 0 Å². The van der Waals surface area contributed by atoms with Gasteiger partial charge in [0.1, 0.15) is 0 Å². The standard InChI is InChI=1S/C9H17F3N2/c1-2-13-5-7-14(8-6-13)4-3-9(10,11)12/h2-8H2,1H3. The van der Waals surface area contributed by atoms with Crippen LogP contribution in [0.1, 0.15) is 13.3 Å². The number of hydrogen-bond acceptors (Lipinski definition) is 2. The van der Waals surface area contributed by atoms with Gasteiger partial charge in [-0.2, -0.15) is 13.2 Å². The summed E-state index contributed by atoms with van der Waals surface area (Å²) in [4.78, 5) is 4.14. The number of rotatable bonds is 3. The van der Waals surface area contributed by atoms with E-state index in [4.69, 9.17) is 0 Å². The van der Waals surface area contributed by atoms with Crippen molar-refractivity contribution >= 4 is 0 Å². The molecular weight excluding hydrogens is 193 g/mol. The zero-order valence-corrected chi connectivity index (χ0v) is 8.48. The second-order valence-electron chi connectivity index (χ2n) is 3.64. The molecule has 1 heterocycles. The van der Waals surface area contributed by atoms with Crippen LogP contribution in [0.3, 0.4) is 0 Å². The summed E-state index contributed by atoms with van der Waals surface area (Å²) in [5, 5.41) is 0. The van der Waals surface area contributed by atoms with Crippen molar-refractivity contribution in [1.82, 2.24) is 9.80 Å². The minimum absolute atomic E-state index is 0.154. The summed E-state index contributed by atoms with van der Waals surface area (Å²) in [6, 6.07) is 0. The van der Waals surface area contributed by atoms with Gasteiger partial charge < -0.3 is 9.80 Å². The molecule has 1 saturated heterocycles. The molecule has 5 heteroatoms. The molecule has 2 nitrogen and oxygen atoms in total. The highest BCUT2D eigenvalue weighted by Crippen LogP contribution is 2.20. The Kier molecular flexibility index (Phi) is 4.19. The van der Waals surface area contributed by atoms with Crippen molar-refractivity contribution in [3.8, 4) is 0 Å². The third kappa shape index (κ3) is 4.28. The van der Waals surface area contributed by atoms with E-state index >= 15 is 0 Å². The first-order chi connectivity index (χ1) is 6.51. The van der Waals surface area contributed by atoms with Gasteiger partial charge in [0.25, 0.3) is 0 Å². The van der Waals surface area contributed by atoms with Gasteiger partial charge in [-0.3, -0.25) is 0 Å². The van der Waals surface area contributed by atoms with E-state index in [-0.39, 0.29) is 6.54 Å². The number of hydrogen-bond donors (Lipinski definition) is 0. The lowest BCUT2D eigenvalue weighted by Crippen LogP contribution is -2.46. The second kappa shape index (κ2) is 4.98. The Morgan fingerprint density at radius 1 is 1.00 bits per heavy atom. The van der Waals surface area contributed by atoms with Crippen molar-refractivity contribution in [2.24, 2.45) is 0 Å². The number of halogens is 3. The van der Waals surface area contributed by atoms with Crippen LogP contribution in [0.4, 0.5) is 13.2 Å². The summed E-state index contributed by atoms with van der Waals surface area (Å²) in [5.74, 6) is 0. The molecule has 14 heavy (non-hydrogen) atoms. The quantitative estimate of drug-likeness (QED) is 0.697. The summed E-state index contributed by atoms with van der Waals surface area (Å²) >= 11 is 0. The molecule has 0 aromatic heterocycles. The van der Waals surface area contributed by atoms with Gasteiger partial charge in [0.2, 0.25) is 0 Å². The van der Waals surface area contributed by atoms with Gasteiger partial charge >= 0.3 is 6.18 Å². The zero-order chi connectivity index (χ0) is 10.6. The van der Waals surface area contributed by atoms with E-state index < -0.39 is 12.6 Å². The van der Waals surface area contributed by atoms with E-state index in [1.807, 2.05) is 4.90 Å². The Bertz CT molecular complexity index is 162. The number of nitrogens with zero attached hydrogens (tertiary/aromatic N) is 2. The van der Waals surface area contributed by atoms with Crippen LogP contribution in [0, 0.1) is 0 Å². The summed E-state index contributed by atoms with van der Waals surface area (Å²) in [5.41, 5.74) is 0. The molecule has 0 aliphatic carbocycles. The first kappa shape index (κ1) is 11.8. The molecule has 0 spiro atoms. The fraction of sp³-hybridized carbons (Fsp3) is 1.00. The predicted octanol–water partition coefficient (Wildman–Crippen LogP) is 1.58. The van der Waals surface area contributed by atoms with Gasteiger partial charge in [-0.15, -0.1) is 0 Å². The fourth-order valence-corrected chi connectivity index (χ4v) is 1.61. The minimum Gasteiger partial charge on any atom is -0.301 e. The molecule has 0 aromatic carbocycles. The van der Waals surface area contributed by atoms with Crippen LogP contribution in [0.15, 0.2) is 0 Å². The summed E-state index contributed by atoms with van der Waals surface area (Å²) in [6.07, 6.45) is -4.69. The lowest BCUT2D eigenvalue weighted by molar-refractivity contribution is -0.138. The largest absolute Gasteiger partial charge is 0.390 e. The number of likely N-dealkylation sites (N-methyl/N-ethyl adjacent to an activating group) is 1. The van der Waals surface area contributed by atoms with Gasteiger partial charge in [-0.05, 0) is 6.54 Å². The molecule has 1 fully saturated rings. The van der Waals surface area contributed by atoms with Crippen LogP contribution < -0.4 is 0 Å². The average molecular weight is 210 g/mol. The van der Waals surface area contributed by atoms with Gasteiger partial charge in [-0.25, -0.2) is 0 Å². The molecule has 0 amide bonds. The highest BCUT2D eigenvalue weighted by Gasteiger charge is 2.28. The SMILES string of the molecule is CCN1CCN(CCC(F)(F)F)CC1. The van der Waals surface area contributed by atoms with Gasteiger partial charge in [0.15, 0.2) is 0 Å². The van der Waals surface area contributed by atoms with E-state index in [1.165, 1.54) is 0 Å². The molecule has 1 aliphatic heterocycles. The summed E-state index contributed by atoms with van der Waals surface area (Å²) < 4.78 is 35.7. The van der Waals surface area contributed by atoms with E-state index in [2.05, 4.69) is 11.8 Å². The Labute approximate surface area is 82.7 Å². The molecule has 0 bridgehead atoms. The molecule has 0 aromatic rings. The van der Waals surface area contributed by atoms with Crippen molar-refractivity contribution in [2.75, 3.05) is 39.3 Å². The molecule has 84 valence electrons. The molecule has 0 saturated carbocycles. The van der Waals surface area contributed by atoms with Crippen molar-refractivity contribution in [3.63, 3.8) is 0 Å². The van der Waals surface area contributed by atoms with Gasteiger partial charge in [0, 0.05) is 32.7 Å². The lowest BCUT2D eigenvalue weighted by atomic mass is 10.3. The molecule has 0 N–H and O–H groups in total. The molecule has 1 aliphatic rings. The van der Waals surface area contributed by atoms with Crippen LogP contribution in [-0.4, -0.2) is 55.2 Å². The summed E-state index contributed by atoms with van der Waals surface area (Å²) in [6.45, 7) is 6.55. The summed E-state index contributed by atoms with van der Waals surface area (Å²) in [7, 11) is 0. The highest BCUT2D eigenvalue weighted by atomic mass is 19.4. The van der Waals surface area contributed by atoms with Gasteiger partial charge in [-0.1, -0.05) is 6.92 Å². The van der Waals surface area contributed by atoms with E-state index in [0.717, 1.165) is 32.7 Å². The molecule has 0 radical (unpaired) electrons. The van der Waals surface area contributed by atoms with E-state index in [1.54, 1.807) is 0 Å². The Balaban J connectivity index is 2.16. The second-order valence-corrected chi connectivity index (χ2v) is 3.64. The molecule has 1 rings (SSSR count). The van der Waals surface area contributed by atoms with Gasteiger partial charge in [0.05, 0.1) is 6.42 Å². The topological polar surface area (TPSA) is 6.48 Å². The third-order valence-corrected chi connectivity index (χ3v) is 2.62. The number of piperazine rings is 1. The number of alkyl halides is 3. The first-order valence-corrected chi connectivity index (χ1v) is 5.02. The lowest BCUT2D eigenvalue weighted by Gasteiger charge is -2.34. The fourth-order valence-electron chi connectivity index (χ4n) is 1.61. The van der Waals surface area contributed by atoms with Crippen LogP contribution >= 0.6 is 0 Å². The normalized spacial score (nSPS) is 21.4. The van der Waals surface area contributed by atoms with E-state index in [9.17, 15) is 13.2 Å².